The summed E-state index contributed by atoms with van der Waals surface area (Å²) >= 11 is 0. The van der Waals surface area contributed by atoms with Crippen LogP contribution in [0.15, 0.2) is 42.7 Å². The monoisotopic (exact) mass is 284 g/mol. The number of rotatable bonds is 3. The van der Waals surface area contributed by atoms with Crippen molar-refractivity contribution in [2.24, 2.45) is 0 Å². The zero-order chi connectivity index (χ0) is 14.7. The summed E-state index contributed by atoms with van der Waals surface area (Å²) in [5.41, 5.74) is 2.05. The van der Waals surface area contributed by atoms with Crippen LogP contribution in [0.1, 0.15) is 12.5 Å². The Hall–Kier alpha value is -2.14. The van der Waals surface area contributed by atoms with Crippen LogP contribution in [0.4, 0.5) is 0 Å². The van der Waals surface area contributed by atoms with Crippen molar-refractivity contribution in [2.75, 3.05) is 19.6 Å². The van der Waals surface area contributed by atoms with Gasteiger partial charge in [0.1, 0.15) is 0 Å². The van der Waals surface area contributed by atoms with Gasteiger partial charge in [0.05, 0.1) is 12.1 Å². The van der Waals surface area contributed by atoms with Gasteiger partial charge in [-0.1, -0.05) is 12.1 Å². The van der Waals surface area contributed by atoms with Gasteiger partial charge in [0.25, 0.3) is 0 Å². The fraction of sp³-hybridized carbons (Fsp3) is 0.375. The molecule has 110 valence electrons. The van der Waals surface area contributed by atoms with Gasteiger partial charge in [0.15, 0.2) is 0 Å². The van der Waals surface area contributed by atoms with E-state index in [-0.39, 0.29) is 5.91 Å². The molecule has 1 amide bonds. The number of amides is 1. The SMILES string of the molecule is CC1CN(C(=O)Cc2ccc(-n3cccn3)cc2)CCN1. The van der Waals surface area contributed by atoms with Gasteiger partial charge in [-0.25, -0.2) is 4.68 Å². The van der Waals surface area contributed by atoms with Crippen LogP contribution in [0.5, 0.6) is 0 Å². The zero-order valence-corrected chi connectivity index (χ0v) is 12.2. The van der Waals surface area contributed by atoms with Crippen LogP contribution >= 0.6 is 0 Å². The molecule has 1 aliphatic heterocycles. The van der Waals surface area contributed by atoms with Crippen LogP contribution in [0.3, 0.4) is 0 Å². The maximum absolute atomic E-state index is 12.3. The lowest BCUT2D eigenvalue weighted by Gasteiger charge is -2.32. The van der Waals surface area contributed by atoms with Crippen molar-refractivity contribution in [3.8, 4) is 5.69 Å². The van der Waals surface area contributed by atoms with E-state index in [0.717, 1.165) is 30.9 Å². The van der Waals surface area contributed by atoms with E-state index in [9.17, 15) is 4.79 Å². The number of nitrogens with zero attached hydrogens (tertiary/aromatic N) is 3. The minimum Gasteiger partial charge on any atom is -0.340 e. The molecule has 21 heavy (non-hydrogen) atoms. The van der Waals surface area contributed by atoms with Crippen LogP contribution in [0.25, 0.3) is 5.69 Å². The fourth-order valence-corrected chi connectivity index (χ4v) is 2.63. The van der Waals surface area contributed by atoms with Gasteiger partial charge in [-0.3, -0.25) is 4.79 Å². The summed E-state index contributed by atoms with van der Waals surface area (Å²) in [7, 11) is 0. The number of nitrogens with one attached hydrogen (secondary N) is 1. The minimum absolute atomic E-state index is 0.204. The smallest absolute Gasteiger partial charge is 0.227 e. The van der Waals surface area contributed by atoms with Crippen LogP contribution < -0.4 is 5.32 Å². The van der Waals surface area contributed by atoms with Gasteiger partial charge >= 0.3 is 0 Å². The number of carbonyl (C=O) groups is 1. The van der Waals surface area contributed by atoms with E-state index in [1.165, 1.54) is 0 Å². The standard InChI is InChI=1S/C16H20N4O/c1-13-12-19(10-8-17-13)16(21)11-14-3-5-15(6-4-14)20-9-2-7-18-20/h2-7,9,13,17H,8,10-12H2,1H3. The van der Waals surface area contributed by atoms with Crippen LogP contribution in [0, 0.1) is 0 Å². The molecular weight excluding hydrogens is 264 g/mol. The topological polar surface area (TPSA) is 50.2 Å². The van der Waals surface area contributed by atoms with Crippen molar-refractivity contribution < 1.29 is 4.79 Å². The molecule has 0 bridgehead atoms. The van der Waals surface area contributed by atoms with Gasteiger partial charge in [0, 0.05) is 38.1 Å². The Kier molecular flexibility index (Phi) is 4.01. The molecule has 2 heterocycles. The van der Waals surface area contributed by atoms with Crippen LogP contribution in [-0.4, -0.2) is 46.3 Å². The van der Waals surface area contributed by atoms with Crippen LogP contribution in [-0.2, 0) is 11.2 Å². The highest BCUT2D eigenvalue weighted by Crippen LogP contribution is 2.11. The highest BCUT2D eigenvalue weighted by atomic mass is 16.2. The molecule has 5 heteroatoms. The Morgan fingerprint density at radius 1 is 1.38 bits per heavy atom. The van der Waals surface area contributed by atoms with Crippen LogP contribution in [0.2, 0.25) is 0 Å². The van der Waals surface area contributed by atoms with Gasteiger partial charge in [-0.15, -0.1) is 0 Å². The molecule has 2 aromatic rings. The first-order chi connectivity index (χ1) is 10.2. The molecular formula is C16H20N4O. The van der Waals surface area contributed by atoms with E-state index in [1.54, 1.807) is 6.20 Å². The molecule has 0 aliphatic carbocycles. The summed E-state index contributed by atoms with van der Waals surface area (Å²) in [5.74, 6) is 0.204. The summed E-state index contributed by atoms with van der Waals surface area (Å²) in [6, 6.07) is 10.3. The maximum Gasteiger partial charge on any atom is 0.227 e. The normalized spacial score (nSPS) is 18.7. The number of hydrogen-bond acceptors (Lipinski definition) is 3. The second kappa shape index (κ2) is 6.10. The summed E-state index contributed by atoms with van der Waals surface area (Å²) in [6.45, 7) is 4.59. The number of hydrogen-bond donors (Lipinski definition) is 1. The first kappa shape index (κ1) is 13.8. The van der Waals surface area contributed by atoms with Gasteiger partial charge < -0.3 is 10.2 Å². The summed E-state index contributed by atoms with van der Waals surface area (Å²) < 4.78 is 1.81. The molecule has 1 aromatic carbocycles. The lowest BCUT2D eigenvalue weighted by atomic mass is 10.1. The Bertz CT molecular complexity index is 591. The quantitative estimate of drug-likeness (QED) is 0.922. The average Bonchev–Trinajstić information content (AvgIpc) is 3.02. The van der Waals surface area contributed by atoms with Crippen molar-refractivity contribution in [1.82, 2.24) is 20.0 Å². The van der Waals surface area contributed by atoms with E-state index < -0.39 is 0 Å². The Balaban J connectivity index is 1.63. The maximum atomic E-state index is 12.3. The van der Waals surface area contributed by atoms with E-state index in [0.29, 0.717) is 12.5 Å². The minimum atomic E-state index is 0.204. The Morgan fingerprint density at radius 3 is 2.86 bits per heavy atom. The van der Waals surface area contributed by atoms with Crippen molar-refractivity contribution in [3.63, 3.8) is 0 Å². The zero-order valence-electron chi connectivity index (χ0n) is 12.2. The Morgan fingerprint density at radius 2 is 2.19 bits per heavy atom. The Labute approximate surface area is 124 Å². The molecule has 1 saturated heterocycles. The predicted octanol–water partition coefficient (Wildman–Crippen LogP) is 1.24. The molecule has 1 unspecified atom stereocenters. The largest absolute Gasteiger partial charge is 0.340 e. The molecule has 1 aliphatic rings. The lowest BCUT2D eigenvalue weighted by molar-refractivity contribution is -0.131. The first-order valence-corrected chi connectivity index (χ1v) is 7.32. The number of piperazine rings is 1. The van der Waals surface area contributed by atoms with E-state index in [2.05, 4.69) is 17.3 Å². The highest BCUT2D eigenvalue weighted by molar-refractivity contribution is 5.79. The van der Waals surface area contributed by atoms with Crippen molar-refractivity contribution in [1.29, 1.82) is 0 Å². The molecule has 3 rings (SSSR count). The van der Waals surface area contributed by atoms with Gasteiger partial charge in [-0.2, -0.15) is 5.10 Å². The molecule has 0 spiro atoms. The van der Waals surface area contributed by atoms with Gasteiger partial charge in [0.2, 0.25) is 5.91 Å². The second-order valence-corrected chi connectivity index (χ2v) is 5.49. The number of carbonyl (C=O) groups excluding carboxylic acids is 1. The molecule has 1 aromatic heterocycles. The summed E-state index contributed by atoms with van der Waals surface area (Å²) in [6.07, 6.45) is 4.12. The molecule has 5 nitrogen and oxygen atoms in total. The van der Waals surface area contributed by atoms with Gasteiger partial charge in [-0.05, 0) is 30.7 Å². The molecule has 0 saturated carbocycles. The summed E-state index contributed by atoms with van der Waals surface area (Å²) in [5, 5.41) is 7.54. The van der Waals surface area contributed by atoms with Crippen molar-refractivity contribution in [2.45, 2.75) is 19.4 Å². The van der Waals surface area contributed by atoms with E-state index in [4.69, 9.17) is 0 Å². The third-order valence-electron chi connectivity index (χ3n) is 3.78. The third-order valence-corrected chi connectivity index (χ3v) is 3.78. The number of benzene rings is 1. The first-order valence-electron chi connectivity index (χ1n) is 7.32. The molecule has 1 fully saturated rings. The van der Waals surface area contributed by atoms with Crippen molar-refractivity contribution in [3.05, 3.63) is 48.3 Å². The average molecular weight is 284 g/mol. The molecule has 1 atom stereocenters. The fourth-order valence-electron chi connectivity index (χ4n) is 2.63. The summed E-state index contributed by atoms with van der Waals surface area (Å²) in [4.78, 5) is 14.3. The third kappa shape index (κ3) is 3.31. The molecule has 0 radical (unpaired) electrons. The molecule has 1 N–H and O–H groups in total. The van der Waals surface area contributed by atoms with Crippen molar-refractivity contribution >= 4 is 5.91 Å². The van der Waals surface area contributed by atoms with E-state index >= 15 is 0 Å². The highest BCUT2D eigenvalue weighted by Gasteiger charge is 2.20. The predicted molar refractivity (Wildman–Crippen MR) is 81.3 cm³/mol. The van der Waals surface area contributed by atoms with E-state index in [1.807, 2.05) is 46.1 Å². The lowest BCUT2D eigenvalue weighted by Crippen LogP contribution is -2.51. The number of aromatic nitrogens is 2. The second-order valence-electron chi connectivity index (χ2n) is 5.49.